The van der Waals surface area contributed by atoms with Crippen LogP contribution in [0.5, 0.6) is 0 Å². The topological polar surface area (TPSA) is 0 Å². The zero-order chi connectivity index (χ0) is 10.7. The molecule has 3 heteroatoms. The summed E-state index contributed by atoms with van der Waals surface area (Å²) in [5, 5.41) is 1.26. The molecule has 0 aliphatic heterocycles. The first-order valence-corrected chi connectivity index (χ1v) is 6.27. The van der Waals surface area contributed by atoms with Crippen molar-refractivity contribution in [2.45, 2.75) is 31.0 Å². The Labute approximate surface area is 104 Å². The molecule has 0 aliphatic rings. The molecule has 14 heavy (non-hydrogen) atoms. The Balaban J connectivity index is 2.80. The van der Waals surface area contributed by atoms with Gasteiger partial charge in [0.15, 0.2) is 0 Å². The van der Waals surface area contributed by atoms with Crippen molar-refractivity contribution < 1.29 is 0 Å². The standard InChI is InChI=1S/C11H13BrCl2/c1-7(5-8(2)12)9-3-4-10(13)11(14)6-9/h3-4,6-8H,5H2,1-2H3. The molecule has 0 saturated carbocycles. The van der Waals surface area contributed by atoms with E-state index >= 15 is 0 Å². The van der Waals surface area contributed by atoms with Crippen molar-refractivity contribution in [2.75, 3.05) is 0 Å². The number of halogens is 3. The Kier molecular flexibility index (Phi) is 4.75. The predicted octanol–water partition coefficient (Wildman–Crippen LogP) is 5.27. The maximum absolute atomic E-state index is 5.95. The van der Waals surface area contributed by atoms with E-state index in [0.29, 0.717) is 20.8 Å². The molecule has 0 aliphatic carbocycles. The van der Waals surface area contributed by atoms with Crippen molar-refractivity contribution in [3.63, 3.8) is 0 Å². The summed E-state index contributed by atoms with van der Waals surface area (Å²) in [6, 6.07) is 5.84. The lowest BCUT2D eigenvalue weighted by Gasteiger charge is -2.13. The normalized spacial score (nSPS) is 15.2. The highest BCUT2D eigenvalue weighted by Gasteiger charge is 2.09. The van der Waals surface area contributed by atoms with E-state index in [-0.39, 0.29) is 0 Å². The van der Waals surface area contributed by atoms with E-state index in [1.807, 2.05) is 18.2 Å². The molecule has 0 bridgehead atoms. The summed E-state index contributed by atoms with van der Waals surface area (Å²) in [5.41, 5.74) is 1.24. The first kappa shape index (κ1) is 12.4. The molecular formula is C11H13BrCl2. The van der Waals surface area contributed by atoms with Crippen molar-refractivity contribution in [1.29, 1.82) is 0 Å². The lowest BCUT2D eigenvalue weighted by molar-refractivity contribution is 0.682. The SMILES string of the molecule is CC(Br)CC(C)c1ccc(Cl)c(Cl)c1. The van der Waals surface area contributed by atoms with Crippen LogP contribution in [0.4, 0.5) is 0 Å². The van der Waals surface area contributed by atoms with Crippen molar-refractivity contribution in [3.05, 3.63) is 33.8 Å². The summed E-state index contributed by atoms with van der Waals surface area (Å²) < 4.78 is 0. The molecule has 2 atom stereocenters. The Hall–Kier alpha value is 0.280. The fourth-order valence-corrected chi connectivity index (χ4v) is 2.31. The fourth-order valence-electron chi connectivity index (χ4n) is 1.44. The van der Waals surface area contributed by atoms with Crippen LogP contribution < -0.4 is 0 Å². The molecule has 2 unspecified atom stereocenters. The summed E-state index contributed by atoms with van der Waals surface area (Å²) in [7, 11) is 0. The van der Waals surface area contributed by atoms with Crippen LogP contribution in [0.15, 0.2) is 18.2 Å². The lowest BCUT2D eigenvalue weighted by Crippen LogP contribution is -2.00. The summed E-state index contributed by atoms with van der Waals surface area (Å²) >= 11 is 15.3. The van der Waals surface area contributed by atoms with Gasteiger partial charge in [-0.05, 0) is 30.0 Å². The average molecular weight is 296 g/mol. The largest absolute Gasteiger partial charge is 0.0893 e. The molecular weight excluding hydrogens is 283 g/mol. The highest BCUT2D eigenvalue weighted by molar-refractivity contribution is 9.09. The Morgan fingerprint density at radius 1 is 1.21 bits per heavy atom. The van der Waals surface area contributed by atoms with Gasteiger partial charge in [0, 0.05) is 4.83 Å². The van der Waals surface area contributed by atoms with Gasteiger partial charge in [-0.25, -0.2) is 0 Å². The van der Waals surface area contributed by atoms with Crippen molar-refractivity contribution >= 4 is 39.1 Å². The van der Waals surface area contributed by atoms with Gasteiger partial charge in [0.05, 0.1) is 10.0 Å². The minimum Gasteiger partial charge on any atom is -0.0893 e. The molecule has 0 aromatic heterocycles. The number of rotatable bonds is 3. The van der Waals surface area contributed by atoms with Crippen LogP contribution >= 0.6 is 39.1 Å². The van der Waals surface area contributed by atoms with E-state index < -0.39 is 0 Å². The maximum atomic E-state index is 5.95. The first-order chi connectivity index (χ1) is 6.50. The van der Waals surface area contributed by atoms with Gasteiger partial charge in [-0.2, -0.15) is 0 Å². The predicted molar refractivity (Wildman–Crippen MR) is 67.9 cm³/mol. The summed E-state index contributed by atoms with van der Waals surface area (Å²) in [6.07, 6.45) is 1.10. The third-order valence-electron chi connectivity index (χ3n) is 2.19. The number of benzene rings is 1. The molecule has 78 valence electrons. The molecule has 0 amide bonds. The molecule has 1 aromatic rings. The second kappa shape index (κ2) is 5.39. The number of hydrogen-bond acceptors (Lipinski definition) is 0. The third-order valence-corrected chi connectivity index (χ3v) is 3.30. The van der Waals surface area contributed by atoms with E-state index in [4.69, 9.17) is 23.2 Å². The first-order valence-electron chi connectivity index (χ1n) is 4.59. The summed E-state index contributed by atoms with van der Waals surface area (Å²) in [4.78, 5) is 0.520. The van der Waals surface area contributed by atoms with Crippen molar-refractivity contribution in [2.24, 2.45) is 0 Å². The van der Waals surface area contributed by atoms with Gasteiger partial charge in [0.2, 0.25) is 0 Å². The minimum atomic E-state index is 0.499. The molecule has 0 heterocycles. The van der Waals surface area contributed by atoms with Crippen LogP contribution in [-0.2, 0) is 0 Å². The number of alkyl halides is 1. The minimum absolute atomic E-state index is 0.499. The Bertz CT molecular complexity index is 310. The monoisotopic (exact) mass is 294 g/mol. The maximum Gasteiger partial charge on any atom is 0.0595 e. The summed E-state index contributed by atoms with van der Waals surface area (Å²) in [6.45, 7) is 4.34. The second-order valence-electron chi connectivity index (χ2n) is 3.59. The smallest absolute Gasteiger partial charge is 0.0595 e. The van der Waals surface area contributed by atoms with Crippen molar-refractivity contribution in [3.8, 4) is 0 Å². The summed E-state index contributed by atoms with van der Waals surface area (Å²) in [5.74, 6) is 0.499. The molecule has 1 aromatic carbocycles. The van der Waals surface area contributed by atoms with Gasteiger partial charge >= 0.3 is 0 Å². The Morgan fingerprint density at radius 3 is 2.36 bits per heavy atom. The van der Waals surface area contributed by atoms with Crippen LogP contribution in [0, 0.1) is 0 Å². The van der Waals surface area contributed by atoms with Gasteiger partial charge in [-0.3, -0.25) is 0 Å². The third kappa shape index (κ3) is 3.45. The fraction of sp³-hybridized carbons (Fsp3) is 0.455. The van der Waals surface area contributed by atoms with Crippen LogP contribution in [0.1, 0.15) is 31.7 Å². The molecule has 1 rings (SSSR count). The Morgan fingerprint density at radius 2 is 1.86 bits per heavy atom. The van der Waals surface area contributed by atoms with E-state index in [1.165, 1.54) is 5.56 Å². The molecule has 0 radical (unpaired) electrons. The van der Waals surface area contributed by atoms with Crippen molar-refractivity contribution in [1.82, 2.24) is 0 Å². The van der Waals surface area contributed by atoms with E-state index in [1.54, 1.807) is 0 Å². The molecule has 0 saturated heterocycles. The van der Waals surface area contributed by atoms with Crippen LogP contribution in [0.2, 0.25) is 10.0 Å². The highest BCUT2D eigenvalue weighted by Crippen LogP contribution is 2.29. The van der Waals surface area contributed by atoms with Gasteiger partial charge in [-0.1, -0.05) is 59.0 Å². The van der Waals surface area contributed by atoms with Gasteiger partial charge in [0.25, 0.3) is 0 Å². The van der Waals surface area contributed by atoms with Crippen LogP contribution in [-0.4, -0.2) is 4.83 Å². The van der Waals surface area contributed by atoms with E-state index in [9.17, 15) is 0 Å². The quantitative estimate of drug-likeness (QED) is 0.666. The van der Waals surface area contributed by atoms with Gasteiger partial charge < -0.3 is 0 Å². The number of hydrogen-bond donors (Lipinski definition) is 0. The van der Waals surface area contributed by atoms with E-state index in [0.717, 1.165) is 6.42 Å². The highest BCUT2D eigenvalue weighted by atomic mass is 79.9. The second-order valence-corrected chi connectivity index (χ2v) is 5.97. The molecule has 0 spiro atoms. The zero-order valence-corrected chi connectivity index (χ0v) is 11.3. The molecule has 0 nitrogen and oxygen atoms in total. The van der Waals surface area contributed by atoms with Gasteiger partial charge in [0.1, 0.15) is 0 Å². The molecule has 0 fully saturated rings. The van der Waals surface area contributed by atoms with Gasteiger partial charge in [-0.15, -0.1) is 0 Å². The van der Waals surface area contributed by atoms with Crippen LogP contribution in [0.3, 0.4) is 0 Å². The van der Waals surface area contributed by atoms with Crippen LogP contribution in [0.25, 0.3) is 0 Å². The molecule has 0 N–H and O–H groups in total. The zero-order valence-electron chi connectivity index (χ0n) is 8.23. The van der Waals surface area contributed by atoms with E-state index in [2.05, 4.69) is 29.8 Å². The lowest BCUT2D eigenvalue weighted by atomic mass is 9.97. The average Bonchev–Trinajstić information content (AvgIpc) is 2.08.